The Morgan fingerprint density at radius 2 is 1.75 bits per heavy atom. The summed E-state index contributed by atoms with van der Waals surface area (Å²) in [6, 6.07) is 11.4. The fourth-order valence-corrected chi connectivity index (χ4v) is 2.67. The van der Waals surface area contributed by atoms with Crippen molar-refractivity contribution in [2.45, 2.75) is 26.2 Å². The number of hydrogen-bond acceptors (Lipinski definition) is 3. The van der Waals surface area contributed by atoms with Crippen molar-refractivity contribution < 1.29 is 9.53 Å². The summed E-state index contributed by atoms with van der Waals surface area (Å²) in [5, 5.41) is 0. The van der Waals surface area contributed by atoms with Gasteiger partial charge >= 0.3 is 0 Å². The number of nitrogens with two attached hydrogens (primary N) is 1. The molecular weight excluding hydrogens is 250 g/mol. The molecule has 0 fully saturated rings. The Labute approximate surface area is 118 Å². The zero-order chi connectivity index (χ0) is 14.1. The third kappa shape index (κ3) is 2.39. The molecule has 2 N–H and O–H groups in total. The van der Waals surface area contributed by atoms with Gasteiger partial charge in [0.1, 0.15) is 11.5 Å². The Bertz CT molecular complexity index is 677. The lowest BCUT2D eigenvalue weighted by Gasteiger charge is -2.09. The highest BCUT2D eigenvalue weighted by Gasteiger charge is 2.12. The molecule has 0 unspecified atom stereocenters. The second-order valence-electron chi connectivity index (χ2n) is 5.19. The number of Topliss-reactive ketones (excluding diaryl/α,β-unsaturated/α-hetero) is 1. The van der Waals surface area contributed by atoms with Crippen molar-refractivity contribution in [3.63, 3.8) is 0 Å². The van der Waals surface area contributed by atoms with E-state index in [0.717, 1.165) is 18.6 Å². The van der Waals surface area contributed by atoms with Crippen LogP contribution < -0.4 is 10.5 Å². The molecule has 2 aromatic rings. The summed E-state index contributed by atoms with van der Waals surface area (Å²) in [7, 11) is 0. The quantitative estimate of drug-likeness (QED) is 0.680. The molecule has 0 amide bonds. The number of carbonyl (C=O) groups is 1. The van der Waals surface area contributed by atoms with Crippen LogP contribution in [0.1, 0.15) is 34.8 Å². The Morgan fingerprint density at radius 3 is 2.50 bits per heavy atom. The van der Waals surface area contributed by atoms with E-state index in [1.807, 2.05) is 6.07 Å². The Morgan fingerprint density at radius 1 is 1.05 bits per heavy atom. The average Bonchev–Trinajstić information content (AvgIpc) is 2.85. The molecule has 1 aliphatic carbocycles. The largest absolute Gasteiger partial charge is 0.457 e. The van der Waals surface area contributed by atoms with Gasteiger partial charge in [-0.05, 0) is 61.6 Å². The molecule has 3 heteroatoms. The van der Waals surface area contributed by atoms with E-state index in [2.05, 4.69) is 12.1 Å². The molecule has 0 aliphatic heterocycles. The zero-order valence-corrected chi connectivity index (χ0v) is 11.5. The van der Waals surface area contributed by atoms with Gasteiger partial charge in [0.05, 0.1) is 0 Å². The summed E-state index contributed by atoms with van der Waals surface area (Å²) in [4.78, 5) is 11.3. The zero-order valence-electron chi connectivity index (χ0n) is 11.5. The monoisotopic (exact) mass is 267 g/mol. The molecule has 102 valence electrons. The van der Waals surface area contributed by atoms with Crippen LogP contribution in [0.3, 0.4) is 0 Å². The van der Waals surface area contributed by atoms with Gasteiger partial charge < -0.3 is 10.5 Å². The molecule has 0 spiro atoms. The Balaban J connectivity index is 1.84. The van der Waals surface area contributed by atoms with Gasteiger partial charge in [0.2, 0.25) is 0 Å². The number of aryl methyl sites for hydroxylation is 2. The van der Waals surface area contributed by atoms with E-state index in [9.17, 15) is 4.79 Å². The lowest BCUT2D eigenvalue weighted by atomic mass is 10.1. The van der Waals surface area contributed by atoms with Gasteiger partial charge in [-0.2, -0.15) is 0 Å². The molecule has 20 heavy (non-hydrogen) atoms. The van der Waals surface area contributed by atoms with E-state index in [1.165, 1.54) is 24.5 Å². The normalized spacial score (nSPS) is 13.1. The summed E-state index contributed by atoms with van der Waals surface area (Å²) in [6.45, 7) is 1.51. The van der Waals surface area contributed by atoms with Crippen molar-refractivity contribution in [1.29, 1.82) is 0 Å². The lowest BCUT2D eigenvalue weighted by molar-refractivity contribution is 0.101. The number of rotatable bonds is 3. The van der Waals surface area contributed by atoms with Crippen LogP contribution in [0.15, 0.2) is 36.4 Å². The van der Waals surface area contributed by atoms with Crippen LogP contribution in [0.2, 0.25) is 0 Å². The van der Waals surface area contributed by atoms with E-state index in [1.54, 1.807) is 18.2 Å². The first kappa shape index (κ1) is 12.7. The van der Waals surface area contributed by atoms with Crippen LogP contribution in [-0.4, -0.2) is 5.78 Å². The number of fused-ring (bicyclic) bond motifs is 1. The average molecular weight is 267 g/mol. The van der Waals surface area contributed by atoms with Gasteiger partial charge in [-0.3, -0.25) is 4.79 Å². The number of nitrogen functional groups attached to an aromatic ring is 1. The third-order valence-electron chi connectivity index (χ3n) is 3.71. The van der Waals surface area contributed by atoms with Gasteiger partial charge in [0, 0.05) is 17.3 Å². The number of ketones is 1. The lowest BCUT2D eigenvalue weighted by Crippen LogP contribution is -1.99. The number of anilines is 1. The maximum Gasteiger partial charge on any atom is 0.161 e. The van der Waals surface area contributed by atoms with Crippen LogP contribution in [0, 0.1) is 0 Å². The van der Waals surface area contributed by atoms with E-state index in [-0.39, 0.29) is 5.78 Å². The molecule has 3 nitrogen and oxygen atoms in total. The predicted molar refractivity (Wildman–Crippen MR) is 79.4 cm³/mol. The molecule has 0 saturated carbocycles. The smallest absolute Gasteiger partial charge is 0.161 e. The first-order valence-corrected chi connectivity index (χ1v) is 6.83. The maximum absolute atomic E-state index is 11.3. The Kier molecular flexibility index (Phi) is 3.18. The van der Waals surface area contributed by atoms with Crippen LogP contribution in [0.25, 0.3) is 0 Å². The molecule has 0 radical (unpaired) electrons. The highest BCUT2D eigenvalue weighted by molar-refractivity contribution is 5.99. The van der Waals surface area contributed by atoms with Crippen molar-refractivity contribution in [3.05, 3.63) is 53.1 Å². The standard InChI is InChI=1S/C17H17NO2/c1-11(19)16-8-7-15(10-17(16)18)20-14-6-5-12-3-2-4-13(12)9-14/h5-10H,2-4,18H2,1H3. The molecule has 0 atom stereocenters. The van der Waals surface area contributed by atoms with Gasteiger partial charge in [-0.1, -0.05) is 6.07 Å². The van der Waals surface area contributed by atoms with E-state index < -0.39 is 0 Å². The topological polar surface area (TPSA) is 52.3 Å². The van der Waals surface area contributed by atoms with Gasteiger partial charge in [-0.15, -0.1) is 0 Å². The van der Waals surface area contributed by atoms with E-state index in [0.29, 0.717) is 17.0 Å². The molecule has 1 aliphatic rings. The van der Waals surface area contributed by atoms with Crippen LogP contribution >= 0.6 is 0 Å². The number of carbonyl (C=O) groups excluding carboxylic acids is 1. The molecule has 0 aromatic heterocycles. The van der Waals surface area contributed by atoms with E-state index in [4.69, 9.17) is 10.5 Å². The second kappa shape index (κ2) is 5.00. The SMILES string of the molecule is CC(=O)c1ccc(Oc2ccc3c(c2)CCC3)cc1N. The van der Waals surface area contributed by atoms with Crippen molar-refractivity contribution >= 4 is 11.5 Å². The van der Waals surface area contributed by atoms with Gasteiger partial charge in [-0.25, -0.2) is 0 Å². The number of hydrogen-bond donors (Lipinski definition) is 1. The fourth-order valence-electron chi connectivity index (χ4n) is 2.67. The molecule has 2 aromatic carbocycles. The number of ether oxygens (including phenoxy) is 1. The van der Waals surface area contributed by atoms with Crippen LogP contribution in [-0.2, 0) is 12.8 Å². The molecule has 0 saturated heterocycles. The molecule has 0 heterocycles. The van der Waals surface area contributed by atoms with Crippen molar-refractivity contribution in [2.24, 2.45) is 0 Å². The highest BCUT2D eigenvalue weighted by atomic mass is 16.5. The third-order valence-corrected chi connectivity index (χ3v) is 3.71. The first-order chi connectivity index (χ1) is 9.63. The summed E-state index contributed by atoms with van der Waals surface area (Å²) >= 11 is 0. The Hall–Kier alpha value is -2.29. The molecule has 3 rings (SSSR count). The van der Waals surface area contributed by atoms with Gasteiger partial charge in [0.25, 0.3) is 0 Å². The van der Waals surface area contributed by atoms with Gasteiger partial charge in [0.15, 0.2) is 5.78 Å². The van der Waals surface area contributed by atoms with E-state index >= 15 is 0 Å². The van der Waals surface area contributed by atoms with Crippen LogP contribution in [0.4, 0.5) is 5.69 Å². The van der Waals surface area contributed by atoms with Crippen LogP contribution in [0.5, 0.6) is 11.5 Å². The molecule has 0 bridgehead atoms. The summed E-state index contributed by atoms with van der Waals surface area (Å²) in [6.07, 6.45) is 3.51. The summed E-state index contributed by atoms with van der Waals surface area (Å²) < 4.78 is 5.83. The minimum absolute atomic E-state index is 0.0356. The van der Waals surface area contributed by atoms with Crippen molar-refractivity contribution in [3.8, 4) is 11.5 Å². The van der Waals surface area contributed by atoms with Crippen molar-refractivity contribution in [1.82, 2.24) is 0 Å². The van der Waals surface area contributed by atoms with Crippen molar-refractivity contribution in [2.75, 3.05) is 5.73 Å². The minimum Gasteiger partial charge on any atom is -0.457 e. The summed E-state index contributed by atoms with van der Waals surface area (Å²) in [5.74, 6) is 1.44. The highest BCUT2D eigenvalue weighted by Crippen LogP contribution is 2.30. The predicted octanol–water partition coefficient (Wildman–Crippen LogP) is 3.75. The second-order valence-corrected chi connectivity index (χ2v) is 5.19. The minimum atomic E-state index is -0.0356. The maximum atomic E-state index is 11.3. The fraction of sp³-hybridized carbons (Fsp3) is 0.235. The molecular formula is C17H17NO2. The summed E-state index contributed by atoms with van der Waals surface area (Å²) in [5.41, 5.74) is 9.65. The number of benzene rings is 2. The first-order valence-electron chi connectivity index (χ1n) is 6.83.